The molecule has 0 N–H and O–H groups in total. The summed E-state index contributed by atoms with van der Waals surface area (Å²) in [6.45, 7) is 0.598. The molecule has 2 unspecified atom stereocenters. The lowest BCUT2D eigenvalue weighted by molar-refractivity contribution is 0.0463. The van der Waals surface area contributed by atoms with Gasteiger partial charge in [-0.2, -0.15) is 0 Å². The van der Waals surface area contributed by atoms with Gasteiger partial charge in [0.25, 0.3) is 5.91 Å². The minimum absolute atomic E-state index is 0.0109. The number of pyridine rings is 1. The number of amides is 1. The second-order valence-electron chi connectivity index (χ2n) is 7.57. The zero-order valence-corrected chi connectivity index (χ0v) is 17.5. The van der Waals surface area contributed by atoms with Crippen molar-refractivity contribution in [3.05, 3.63) is 70.8 Å². The van der Waals surface area contributed by atoms with E-state index >= 15 is 0 Å². The number of ether oxygens (including phenoxy) is 1. The lowest BCUT2D eigenvalue weighted by atomic mass is 10.0. The molecule has 2 aliphatic rings. The molecule has 1 aromatic carbocycles. The number of nitrogens with zero attached hydrogens (tertiary/aromatic N) is 4. The van der Waals surface area contributed by atoms with E-state index in [9.17, 15) is 9.18 Å². The highest BCUT2D eigenvalue weighted by Crippen LogP contribution is 2.41. The van der Waals surface area contributed by atoms with E-state index in [1.165, 1.54) is 6.07 Å². The number of hydrogen-bond acceptors (Lipinski definition) is 5. The van der Waals surface area contributed by atoms with Gasteiger partial charge in [-0.1, -0.05) is 12.1 Å². The maximum absolute atomic E-state index is 14.8. The molecule has 1 aliphatic carbocycles. The standard InChI is InChI=1S/C22H18BrFN4O2/c23-14-5-6-19(27-11-14)30-18-10-13-9-17(18)28(12-13)22(29)20-15(3-1-4-16(20)24)21-25-7-2-8-26-21/h1-8,11,13,17-18H,9-10,12H2/t13-,17?,18?/m1/s1. The molecule has 0 radical (unpaired) electrons. The van der Waals surface area contributed by atoms with E-state index < -0.39 is 5.82 Å². The van der Waals surface area contributed by atoms with Crippen LogP contribution in [0.25, 0.3) is 11.4 Å². The van der Waals surface area contributed by atoms with E-state index in [1.807, 2.05) is 6.07 Å². The quantitative estimate of drug-likeness (QED) is 0.575. The Morgan fingerprint density at radius 1 is 1.10 bits per heavy atom. The molecule has 3 atom stereocenters. The lowest BCUT2D eigenvalue weighted by Gasteiger charge is -2.33. The number of halogens is 2. The van der Waals surface area contributed by atoms with Crippen LogP contribution < -0.4 is 4.74 Å². The summed E-state index contributed by atoms with van der Waals surface area (Å²) in [7, 11) is 0. The van der Waals surface area contributed by atoms with Gasteiger partial charge >= 0.3 is 0 Å². The third-order valence-electron chi connectivity index (χ3n) is 5.69. The van der Waals surface area contributed by atoms with Crippen molar-refractivity contribution in [3.63, 3.8) is 0 Å². The summed E-state index contributed by atoms with van der Waals surface area (Å²) in [5, 5.41) is 0. The summed E-state index contributed by atoms with van der Waals surface area (Å²) in [6.07, 6.45) is 6.38. The highest BCUT2D eigenvalue weighted by atomic mass is 79.9. The van der Waals surface area contributed by atoms with Crippen molar-refractivity contribution in [2.45, 2.75) is 25.0 Å². The van der Waals surface area contributed by atoms with Crippen molar-refractivity contribution in [1.82, 2.24) is 19.9 Å². The monoisotopic (exact) mass is 468 g/mol. The predicted octanol–water partition coefficient (Wildman–Crippen LogP) is 4.12. The number of piperidine rings is 1. The fraction of sp³-hybridized carbons (Fsp3) is 0.273. The van der Waals surface area contributed by atoms with Crippen molar-refractivity contribution in [3.8, 4) is 17.3 Å². The van der Waals surface area contributed by atoms with Gasteiger partial charge in [0.1, 0.15) is 11.9 Å². The Hall–Kier alpha value is -2.87. The van der Waals surface area contributed by atoms with Crippen LogP contribution in [0.4, 0.5) is 4.39 Å². The highest BCUT2D eigenvalue weighted by Gasteiger charge is 2.49. The first-order valence-electron chi connectivity index (χ1n) is 9.75. The number of carbonyl (C=O) groups excluding carboxylic acids is 1. The number of benzene rings is 1. The Labute approximate surface area is 181 Å². The van der Waals surface area contributed by atoms with Crippen LogP contribution in [0.15, 0.2) is 59.5 Å². The Morgan fingerprint density at radius 2 is 1.93 bits per heavy atom. The maximum Gasteiger partial charge on any atom is 0.257 e. The molecule has 1 amide bonds. The number of aromatic nitrogens is 3. The fourth-order valence-corrected chi connectivity index (χ4v) is 4.66. The second-order valence-corrected chi connectivity index (χ2v) is 8.48. The van der Waals surface area contributed by atoms with Gasteiger partial charge in [-0.15, -0.1) is 0 Å². The lowest BCUT2D eigenvalue weighted by Crippen LogP contribution is -2.47. The maximum atomic E-state index is 14.8. The van der Waals surface area contributed by atoms with Gasteiger partial charge in [0, 0.05) is 41.2 Å². The molecule has 2 bridgehead atoms. The van der Waals surface area contributed by atoms with Crippen molar-refractivity contribution < 1.29 is 13.9 Å². The molecule has 0 spiro atoms. The second kappa shape index (κ2) is 7.75. The van der Waals surface area contributed by atoms with Gasteiger partial charge in [-0.3, -0.25) is 4.79 Å². The molecule has 1 saturated carbocycles. The molecule has 5 rings (SSSR count). The van der Waals surface area contributed by atoms with Gasteiger partial charge in [0.15, 0.2) is 5.82 Å². The van der Waals surface area contributed by atoms with Crippen molar-refractivity contribution in [2.75, 3.05) is 6.54 Å². The summed E-state index contributed by atoms with van der Waals surface area (Å²) in [6, 6.07) is 9.78. The van der Waals surface area contributed by atoms with E-state index in [0.717, 1.165) is 17.3 Å². The topological polar surface area (TPSA) is 68.2 Å². The Morgan fingerprint density at radius 3 is 2.67 bits per heavy atom. The molecule has 6 nitrogen and oxygen atoms in total. The molecule has 152 valence electrons. The third kappa shape index (κ3) is 3.45. The van der Waals surface area contributed by atoms with E-state index in [0.29, 0.717) is 29.7 Å². The van der Waals surface area contributed by atoms with Crippen LogP contribution >= 0.6 is 15.9 Å². The van der Waals surface area contributed by atoms with Gasteiger partial charge in [0.2, 0.25) is 5.88 Å². The highest BCUT2D eigenvalue weighted by molar-refractivity contribution is 9.10. The van der Waals surface area contributed by atoms with E-state index in [4.69, 9.17) is 4.74 Å². The third-order valence-corrected chi connectivity index (χ3v) is 6.16. The minimum atomic E-state index is -0.570. The van der Waals surface area contributed by atoms with Crippen molar-refractivity contribution in [1.29, 1.82) is 0 Å². The van der Waals surface area contributed by atoms with Gasteiger partial charge < -0.3 is 9.64 Å². The Balaban J connectivity index is 1.43. The zero-order chi connectivity index (χ0) is 20.7. The smallest absolute Gasteiger partial charge is 0.257 e. The van der Waals surface area contributed by atoms with Gasteiger partial charge in [0.05, 0.1) is 11.6 Å². The van der Waals surface area contributed by atoms with Gasteiger partial charge in [-0.25, -0.2) is 19.3 Å². The number of rotatable bonds is 4. The van der Waals surface area contributed by atoms with Crippen LogP contribution in [0, 0.1) is 11.7 Å². The average molecular weight is 469 g/mol. The number of carbonyl (C=O) groups is 1. The Kier molecular flexibility index (Phi) is 4.94. The molecule has 1 aliphatic heterocycles. The molecule has 3 aromatic rings. The van der Waals surface area contributed by atoms with Crippen LogP contribution in [-0.4, -0.2) is 44.4 Å². The summed E-state index contributed by atoms with van der Waals surface area (Å²) < 4.78 is 21.8. The molecule has 2 aromatic heterocycles. The molecular formula is C22H18BrFN4O2. The largest absolute Gasteiger partial charge is 0.472 e. The Bertz CT molecular complexity index is 1080. The fourth-order valence-electron chi connectivity index (χ4n) is 4.42. The van der Waals surface area contributed by atoms with E-state index in [2.05, 4.69) is 30.9 Å². The van der Waals surface area contributed by atoms with E-state index in [-0.39, 0.29) is 23.6 Å². The summed E-state index contributed by atoms with van der Waals surface area (Å²) in [4.78, 5) is 27.9. The molecule has 30 heavy (non-hydrogen) atoms. The molecule has 3 heterocycles. The normalized spacial score (nSPS) is 22.3. The number of likely N-dealkylation sites (tertiary alicyclic amines) is 1. The summed E-state index contributed by atoms with van der Waals surface area (Å²) in [5.74, 6) is 0.270. The van der Waals surface area contributed by atoms with E-state index in [1.54, 1.807) is 47.8 Å². The van der Waals surface area contributed by atoms with Crippen LogP contribution in [0.3, 0.4) is 0 Å². The van der Waals surface area contributed by atoms with Crippen LogP contribution in [0.1, 0.15) is 23.2 Å². The van der Waals surface area contributed by atoms with Crippen molar-refractivity contribution in [2.24, 2.45) is 5.92 Å². The van der Waals surface area contributed by atoms with Crippen LogP contribution in [0.5, 0.6) is 5.88 Å². The molecule has 2 fully saturated rings. The first-order chi connectivity index (χ1) is 14.6. The number of fused-ring (bicyclic) bond motifs is 2. The average Bonchev–Trinajstić information content (AvgIpc) is 3.36. The first-order valence-corrected chi connectivity index (χ1v) is 10.5. The van der Waals surface area contributed by atoms with Gasteiger partial charge in [-0.05, 0) is 52.9 Å². The molecular weight excluding hydrogens is 451 g/mol. The molecule has 8 heteroatoms. The van der Waals surface area contributed by atoms with Crippen molar-refractivity contribution >= 4 is 21.8 Å². The number of hydrogen-bond donors (Lipinski definition) is 0. The van der Waals surface area contributed by atoms with Crippen LogP contribution in [-0.2, 0) is 0 Å². The first kappa shape index (κ1) is 19.1. The summed E-state index contributed by atoms with van der Waals surface area (Å²) in [5.41, 5.74) is 0.409. The SMILES string of the molecule is O=C(c1c(F)cccc1-c1ncccn1)N1C[C@H]2CC(Oc3ccc(Br)cn3)C1C2. The molecule has 1 saturated heterocycles. The minimum Gasteiger partial charge on any atom is -0.472 e. The van der Waals surface area contributed by atoms with Crippen LogP contribution in [0.2, 0.25) is 0 Å². The summed E-state index contributed by atoms with van der Waals surface area (Å²) >= 11 is 3.36. The predicted molar refractivity (Wildman–Crippen MR) is 111 cm³/mol. The zero-order valence-electron chi connectivity index (χ0n) is 15.9.